The Bertz CT molecular complexity index is 755. The van der Waals surface area contributed by atoms with Gasteiger partial charge in [0.2, 0.25) is 4.96 Å². The van der Waals surface area contributed by atoms with Crippen LogP contribution in [-0.2, 0) is 11.2 Å². The Morgan fingerprint density at radius 1 is 1.27 bits per heavy atom. The maximum absolute atomic E-state index is 5.38. The van der Waals surface area contributed by atoms with Gasteiger partial charge in [-0.2, -0.15) is 0 Å². The molecular weight excluding hydrogens is 314 g/mol. The lowest BCUT2D eigenvalue weighted by Gasteiger charge is -2.13. The molecular formula is C16H19N3OS2. The highest BCUT2D eigenvalue weighted by Crippen LogP contribution is 2.32. The zero-order valence-electron chi connectivity index (χ0n) is 13.2. The number of aromatic nitrogens is 3. The number of ether oxygens (including phenoxy) is 1. The summed E-state index contributed by atoms with van der Waals surface area (Å²) >= 11 is 3.34. The molecule has 116 valence electrons. The minimum Gasteiger partial charge on any atom is -0.496 e. The lowest BCUT2D eigenvalue weighted by Crippen LogP contribution is -2.11. The molecule has 0 radical (unpaired) electrons. The lowest BCUT2D eigenvalue weighted by molar-refractivity contribution is 0.411. The summed E-state index contributed by atoms with van der Waals surface area (Å²) in [4.78, 5) is 5.63. The molecule has 0 aliphatic carbocycles. The number of hydrogen-bond donors (Lipinski definition) is 0. The van der Waals surface area contributed by atoms with Crippen LogP contribution in [0.1, 0.15) is 32.0 Å². The molecule has 2 heterocycles. The monoisotopic (exact) mass is 333 g/mol. The second-order valence-corrected chi connectivity index (χ2v) is 8.25. The molecule has 1 aromatic carbocycles. The Kier molecular flexibility index (Phi) is 4.14. The van der Waals surface area contributed by atoms with Gasteiger partial charge in [0.1, 0.15) is 5.75 Å². The fourth-order valence-corrected chi connectivity index (χ4v) is 3.98. The minimum absolute atomic E-state index is 0.0537. The van der Waals surface area contributed by atoms with Gasteiger partial charge in [0, 0.05) is 16.7 Å². The topological polar surface area (TPSA) is 39.4 Å². The standard InChI is InChI=1S/C16H19N3OS2/c1-16(2,3)13-9-19-14(17-13)22-15(18-19)21-10-11-7-5-6-8-12(11)20-4/h5-9H,10H2,1-4H3. The maximum atomic E-state index is 5.38. The number of methoxy groups -OCH3 is 1. The number of thioether (sulfide) groups is 1. The second-order valence-electron chi connectivity index (χ2n) is 6.07. The number of benzene rings is 1. The van der Waals surface area contributed by atoms with Gasteiger partial charge in [-0.15, -0.1) is 5.10 Å². The number of hydrogen-bond acceptors (Lipinski definition) is 5. The fourth-order valence-electron chi connectivity index (χ4n) is 2.06. The molecule has 2 aromatic heterocycles. The van der Waals surface area contributed by atoms with Gasteiger partial charge in [0.05, 0.1) is 19.0 Å². The van der Waals surface area contributed by atoms with E-state index in [4.69, 9.17) is 4.74 Å². The molecule has 0 N–H and O–H groups in total. The Labute approximate surface area is 138 Å². The van der Waals surface area contributed by atoms with Crippen molar-refractivity contribution in [2.45, 2.75) is 36.3 Å². The van der Waals surface area contributed by atoms with E-state index >= 15 is 0 Å². The Balaban J connectivity index is 1.76. The lowest BCUT2D eigenvalue weighted by atomic mass is 9.93. The molecule has 22 heavy (non-hydrogen) atoms. The van der Waals surface area contributed by atoms with Crippen LogP contribution in [0.2, 0.25) is 0 Å². The quantitative estimate of drug-likeness (QED) is 0.664. The first-order valence-electron chi connectivity index (χ1n) is 7.09. The molecule has 0 saturated carbocycles. The van der Waals surface area contributed by atoms with E-state index in [1.54, 1.807) is 30.2 Å². The van der Waals surface area contributed by atoms with E-state index in [0.717, 1.165) is 26.5 Å². The molecule has 0 aliphatic heterocycles. The van der Waals surface area contributed by atoms with E-state index in [1.807, 2.05) is 28.9 Å². The van der Waals surface area contributed by atoms with Crippen LogP contribution in [0, 0.1) is 0 Å². The summed E-state index contributed by atoms with van der Waals surface area (Å²) in [5.74, 6) is 1.76. The molecule has 0 unspecified atom stereocenters. The Morgan fingerprint density at radius 2 is 2.05 bits per heavy atom. The SMILES string of the molecule is COc1ccccc1CSc1nn2cc(C(C)(C)C)nc2s1. The van der Waals surface area contributed by atoms with Crippen LogP contribution >= 0.6 is 23.1 Å². The van der Waals surface area contributed by atoms with Crippen molar-refractivity contribution >= 4 is 28.1 Å². The fraction of sp³-hybridized carbons (Fsp3) is 0.375. The largest absolute Gasteiger partial charge is 0.496 e. The summed E-state index contributed by atoms with van der Waals surface area (Å²) in [6, 6.07) is 8.09. The number of nitrogens with zero attached hydrogens (tertiary/aromatic N) is 3. The molecule has 4 nitrogen and oxygen atoms in total. The molecule has 3 rings (SSSR count). The van der Waals surface area contributed by atoms with E-state index in [1.165, 1.54) is 5.56 Å². The Hall–Kier alpha value is -1.53. The van der Waals surface area contributed by atoms with Gasteiger partial charge in [-0.25, -0.2) is 9.50 Å². The number of fused-ring (bicyclic) bond motifs is 1. The average molecular weight is 333 g/mol. The zero-order chi connectivity index (χ0) is 15.7. The Morgan fingerprint density at radius 3 is 2.73 bits per heavy atom. The van der Waals surface area contributed by atoms with Crippen molar-refractivity contribution in [2.24, 2.45) is 0 Å². The van der Waals surface area contributed by atoms with E-state index in [2.05, 4.69) is 36.9 Å². The van der Waals surface area contributed by atoms with Gasteiger partial charge in [0.15, 0.2) is 4.34 Å². The summed E-state index contributed by atoms with van der Waals surface area (Å²) in [6.45, 7) is 6.49. The van der Waals surface area contributed by atoms with Crippen molar-refractivity contribution in [1.82, 2.24) is 14.6 Å². The highest BCUT2D eigenvalue weighted by molar-refractivity contribution is 8.00. The third-order valence-electron chi connectivity index (χ3n) is 3.34. The summed E-state index contributed by atoms with van der Waals surface area (Å²) in [5.41, 5.74) is 2.31. The summed E-state index contributed by atoms with van der Waals surface area (Å²) in [7, 11) is 1.70. The van der Waals surface area contributed by atoms with Crippen molar-refractivity contribution in [3.8, 4) is 5.75 Å². The molecule has 0 fully saturated rings. The van der Waals surface area contributed by atoms with Gasteiger partial charge >= 0.3 is 0 Å². The third kappa shape index (κ3) is 3.13. The molecule has 0 saturated heterocycles. The molecule has 0 spiro atoms. The zero-order valence-corrected chi connectivity index (χ0v) is 14.8. The smallest absolute Gasteiger partial charge is 0.213 e. The number of rotatable bonds is 4. The van der Waals surface area contributed by atoms with E-state index in [9.17, 15) is 0 Å². The highest BCUT2D eigenvalue weighted by atomic mass is 32.2. The van der Waals surface area contributed by atoms with Crippen LogP contribution in [0.4, 0.5) is 0 Å². The first kappa shape index (κ1) is 15.4. The normalized spacial score (nSPS) is 12.0. The van der Waals surface area contributed by atoms with Crippen LogP contribution in [0.25, 0.3) is 4.96 Å². The molecule has 0 amide bonds. The van der Waals surface area contributed by atoms with E-state index in [-0.39, 0.29) is 5.41 Å². The molecule has 6 heteroatoms. The predicted molar refractivity (Wildman–Crippen MR) is 92.1 cm³/mol. The average Bonchev–Trinajstić information content (AvgIpc) is 3.03. The summed E-state index contributed by atoms with van der Waals surface area (Å²) in [6.07, 6.45) is 2.03. The maximum Gasteiger partial charge on any atom is 0.213 e. The molecule has 3 aromatic rings. The predicted octanol–water partition coefficient (Wildman–Crippen LogP) is 4.39. The molecule has 0 bridgehead atoms. The molecule has 0 aliphatic rings. The van der Waals surface area contributed by atoms with Crippen molar-refractivity contribution in [1.29, 1.82) is 0 Å². The second kappa shape index (κ2) is 5.93. The van der Waals surface area contributed by atoms with Crippen LogP contribution in [0.15, 0.2) is 34.8 Å². The van der Waals surface area contributed by atoms with Crippen molar-refractivity contribution in [3.63, 3.8) is 0 Å². The van der Waals surface area contributed by atoms with Gasteiger partial charge in [-0.05, 0) is 6.07 Å². The van der Waals surface area contributed by atoms with Crippen LogP contribution in [0.5, 0.6) is 5.75 Å². The van der Waals surface area contributed by atoms with E-state index < -0.39 is 0 Å². The highest BCUT2D eigenvalue weighted by Gasteiger charge is 2.19. The number of imidazole rings is 1. The van der Waals surface area contributed by atoms with Crippen LogP contribution in [0.3, 0.4) is 0 Å². The van der Waals surface area contributed by atoms with E-state index in [0.29, 0.717) is 0 Å². The van der Waals surface area contributed by atoms with Gasteiger partial charge in [-0.3, -0.25) is 0 Å². The van der Waals surface area contributed by atoms with Gasteiger partial charge < -0.3 is 4.74 Å². The summed E-state index contributed by atoms with van der Waals surface area (Å²) < 4.78 is 8.29. The number of para-hydroxylation sites is 1. The molecule has 0 atom stereocenters. The van der Waals surface area contributed by atoms with Gasteiger partial charge in [-0.1, -0.05) is 62.1 Å². The first-order chi connectivity index (χ1) is 10.5. The first-order valence-corrected chi connectivity index (χ1v) is 8.89. The van der Waals surface area contributed by atoms with Crippen molar-refractivity contribution in [3.05, 3.63) is 41.7 Å². The van der Waals surface area contributed by atoms with Crippen LogP contribution in [-0.4, -0.2) is 21.7 Å². The van der Waals surface area contributed by atoms with Gasteiger partial charge in [0.25, 0.3) is 0 Å². The summed E-state index contributed by atoms with van der Waals surface area (Å²) in [5, 5.41) is 4.61. The van der Waals surface area contributed by atoms with Crippen LogP contribution < -0.4 is 4.74 Å². The van der Waals surface area contributed by atoms with Crippen molar-refractivity contribution in [2.75, 3.05) is 7.11 Å². The third-order valence-corrected chi connectivity index (χ3v) is 5.44. The van der Waals surface area contributed by atoms with Crippen molar-refractivity contribution < 1.29 is 4.74 Å². The minimum atomic E-state index is 0.0537.